The molecular weight excluding hydrogens is 392 g/mol. The number of rotatable bonds is 0. The fraction of sp³-hybridized carbons (Fsp3) is 0.933. The molecule has 4 saturated carbocycles. The molecule has 5 rings (SSSR count). The Labute approximate surface area is 197 Å². The van der Waals surface area contributed by atoms with E-state index in [9.17, 15) is 10.2 Å². The molecule has 0 bridgehead atoms. The molecular formula is C30H50O2. The molecule has 5 aliphatic rings. The van der Waals surface area contributed by atoms with Crippen LogP contribution in [0.25, 0.3) is 0 Å². The number of allylic oxidation sites excluding steroid dienone is 2. The van der Waals surface area contributed by atoms with Gasteiger partial charge in [-0.1, -0.05) is 67.0 Å². The smallest absolute Gasteiger partial charge is 0.0595 e. The second kappa shape index (κ2) is 6.66. The molecule has 0 saturated heterocycles. The van der Waals surface area contributed by atoms with Crippen LogP contribution in [-0.4, -0.2) is 22.4 Å². The third-order valence-corrected chi connectivity index (χ3v) is 12.9. The predicted molar refractivity (Wildman–Crippen MR) is 132 cm³/mol. The summed E-state index contributed by atoms with van der Waals surface area (Å²) in [7, 11) is 0. The Morgan fingerprint density at radius 2 is 1.47 bits per heavy atom. The molecule has 32 heavy (non-hydrogen) atoms. The predicted octanol–water partition coefficient (Wildman–Crippen LogP) is 7.14. The van der Waals surface area contributed by atoms with E-state index in [-0.39, 0.29) is 39.8 Å². The van der Waals surface area contributed by atoms with Crippen LogP contribution in [0.5, 0.6) is 0 Å². The Hall–Kier alpha value is -0.340. The highest BCUT2D eigenvalue weighted by molar-refractivity contribution is 5.34. The molecule has 2 N–H and O–H groups in total. The molecule has 0 heterocycles. The minimum absolute atomic E-state index is 0.0901. The summed E-state index contributed by atoms with van der Waals surface area (Å²) in [6.45, 7) is 19.6. The highest BCUT2D eigenvalue weighted by Crippen LogP contribution is 2.75. The first-order chi connectivity index (χ1) is 14.6. The van der Waals surface area contributed by atoms with Crippen molar-refractivity contribution in [3.63, 3.8) is 0 Å². The van der Waals surface area contributed by atoms with Crippen molar-refractivity contribution in [3.05, 3.63) is 11.6 Å². The van der Waals surface area contributed by atoms with Gasteiger partial charge in [-0.2, -0.15) is 0 Å². The normalized spacial score (nSPS) is 56.2. The number of hydrogen-bond donors (Lipinski definition) is 2. The quantitative estimate of drug-likeness (QED) is 0.391. The molecule has 0 radical (unpaired) electrons. The van der Waals surface area contributed by atoms with Crippen LogP contribution < -0.4 is 0 Å². The molecule has 2 heteroatoms. The molecule has 0 spiro atoms. The zero-order chi connectivity index (χ0) is 23.5. The molecule has 9 atom stereocenters. The molecule has 0 unspecified atom stereocenters. The number of hydrogen-bond acceptors (Lipinski definition) is 2. The van der Waals surface area contributed by atoms with E-state index < -0.39 is 0 Å². The van der Waals surface area contributed by atoms with Crippen molar-refractivity contribution in [3.8, 4) is 0 Å². The van der Waals surface area contributed by atoms with E-state index in [2.05, 4.69) is 61.5 Å². The summed E-state index contributed by atoms with van der Waals surface area (Å²) in [4.78, 5) is 0. The Bertz CT molecular complexity index is 825. The van der Waals surface area contributed by atoms with E-state index >= 15 is 0 Å². The number of fused-ring (bicyclic) bond motifs is 7. The summed E-state index contributed by atoms with van der Waals surface area (Å²) in [5.41, 5.74) is 2.84. The Morgan fingerprint density at radius 1 is 0.812 bits per heavy atom. The minimum Gasteiger partial charge on any atom is -0.393 e. The lowest BCUT2D eigenvalue weighted by Gasteiger charge is -2.72. The lowest BCUT2D eigenvalue weighted by atomic mass is 9.33. The third kappa shape index (κ3) is 2.78. The van der Waals surface area contributed by atoms with Gasteiger partial charge < -0.3 is 10.2 Å². The fourth-order valence-corrected chi connectivity index (χ4v) is 10.7. The lowest BCUT2D eigenvalue weighted by Crippen LogP contribution is -2.68. The van der Waals surface area contributed by atoms with Crippen molar-refractivity contribution in [2.75, 3.05) is 0 Å². The van der Waals surface area contributed by atoms with Gasteiger partial charge >= 0.3 is 0 Å². The number of aliphatic hydroxyl groups is 2. The van der Waals surface area contributed by atoms with Crippen LogP contribution in [0.1, 0.15) is 113 Å². The van der Waals surface area contributed by atoms with Gasteiger partial charge in [0.15, 0.2) is 0 Å². The Balaban J connectivity index is 1.60. The van der Waals surface area contributed by atoms with Gasteiger partial charge in [-0.25, -0.2) is 0 Å². The van der Waals surface area contributed by atoms with Gasteiger partial charge in [0.05, 0.1) is 12.2 Å². The SMILES string of the molecule is CC1(C)CC[C@@]2(C)CC[C@@]3(C)C(=CC[C@H]4[C@]5(C)CC[C@@H](O)C(C)(C)[C@H]5[C@@H](O)C[C@@]43C)[C@H]2C1. The van der Waals surface area contributed by atoms with Crippen molar-refractivity contribution in [1.29, 1.82) is 0 Å². The van der Waals surface area contributed by atoms with Crippen LogP contribution in [-0.2, 0) is 0 Å². The standard InChI is InChI=1S/C30H50O2/c1-25(2)13-14-27(5)15-16-29(7)19(20(27)17-25)9-10-22-28(6)12-11-23(32)26(3,4)24(28)21(31)18-30(22,29)8/h9,20-24,31-32H,10-18H2,1-8H3/t20-,21+,22+,23-,24-,27+,28+,29+,30+/m1/s1. The summed E-state index contributed by atoms with van der Waals surface area (Å²) in [5.74, 6) is 1.47. The molecule has 0 amide bonds. The van der Waals surface area contributed by atoms with Gasteiger partial charge in [0.1, 0.15) is 0 Å². The summed E-state index contributed by atoms with van der Waals surface area (Å²) in [6, 6.07) is 0. The van der Waals surface area contributed by atoms with E-state index in [0.29, 0.717) is 22.7 Å². The highest BCUT2D eigenvalue weighted by atomic mass is 16.3. The summed E-state index contributed by atoms with van der Waals surface area (Å²) in [6.07, 6.45) is 12.8. The highest BCUT2D eigenvalue weighted by Gasteiger charge is 2.69. The first kappa shape index (κ1) is 23.4. The van der Waals surface area contributed by atoms with Gasteiger partial charge in [0, 0.05) is 0 Å². The molecule has 0 aromatic carbocycles. The number of aliphatic hydroxyl groups excluding tert-OH is 2. The summed E-state index contributed by atoms with van der Waals surface area (Å²) in [5, 5.41) is 22.7. The average Bonchev–Trinajstić information content (AvgIpc) is 2.67. The minimum atomic E-state index is -0.321. The molecule has 4 fully saturated rings. The first-order valence-electron chi connectivity index (χ1n) is 13.7. The monoisotopic (exact) mass is 442 g/mol. The van der Waals surface area contributed by atoms with Crippen LogP contribution in [0.15, 0.2) is 11.6 Å². The van der Waals surface area contributed by atoms with E-state index in [1.54, 1.807) is 5.57 Å². The second-order valence-electron chi connectivity index (χ2n) is 15.4. The molecule has 182 valence electrons. The van der Waals surface area contributed by atoms with Crippen LogP contribution in [0.2, 0.25) is 0 Å². The first-order valence-corrected chi connectivity index (χ1v) is 13.7. The molecule has 0 aromatic rings. The average molecular weight is 443 g/mol. The van der Waals surface area contributed by atoms with Crippen LogP contribution in [0.3, 0.4) is 0 Å². The molecule has 5 aliphatic carbocycles. The van der Waals surface area contributed by atoms with Crippen molar-refractivity contribution in [1.82, 2.24) is 0 Å². The van der Waals surface area contributed by atoms with Crippen LogP contribution in [0.4, 0.5) is 0 Å². The van der Waals surface area contributed by atoms with Gasteiger partial charge in [-0.15, -0.1) is 0 Å². The van der Waals surface area contributed by atoms with E-state index in [0.717, 1.165) is 19.3 Å². The fourth-order valence-electron chi connectivity index (χ4n) is 10.7. The maximum atomic E-state index is 11.8. The van der Waals surface area contributed by atoms with Crippen molar-refractivity contribution >= 4 is 0 Å². The summed E-state index contributed by atoms with van der Waals surface area (Å²) < 4.78 is 0. The Morgan fingerprint density at radius 3 is 2.16 bits per heavy atom. The maximum absolute atomic E-state index is 11.8. The Kier molecular flexibility index (Phi) is 4.87. The lowest BCUT2D eigenvalue weighted by molar-refractivity contribution is -0.241. The van der Waals surface area contributed by atoms with E-state index in [4.69, 9.17) is 0 Å². The van der Waals surface area contributed by atoms with Gasteiger partial charge in [0.2, 0.25) is 0 Å². The molecule has 2 nitrogen and oxygen atoms in total. The second-order valence-corrected chi connectivity index (χ2v) is 15.4. The van der Waals surface area contributed by atoms with Crippen LogP contribution >= 0.6 is 0 Å². The van der Waals surface area contributed by atoms with Crippen LogP contribution in [0, 0.1) is 50.2 Å². The van der Waals surface area contributed by atoms with E-state index in [1.165, 1.54) is 38.5 Å². The zero-order valence-electron chi connectivity index (χ0n) is 22.2. The van der Waals surface area contributed by atoms with Crippen molar-refractivity contribution < 1.29 is 10.2 Å². The van der Waals surface area contributed by atoms with Gasteiger partial charge in [-0.3, -0.25) is 0 Å². The molecule has 0 aliphatic heterocycles. The van der Waals surface area contributed by atoms with Crippen molar-refractivity contribution in [2.45, 2.75) is 125 Å². The van der Waals surface area contributed by atoms with Gasteiger partial charge in [0.25, 0.3) is 0 Å². The largest absolute Gasteiger partial charge is 0.393 e. The van der Waals surface area contributed by atoms with Gasteiger partial charge in [-0.05, 0) is 108 Å². The zero-order valence-corrected chi connectivity index (χ0v) is 22.2. The van der Waals surface area contributed by atoms with E-state index in [1.807, 2.05) is 0 Å². The molecule has 0 aromatic heterocycles. The third-order valence-electron chi connectivity index (χ3n) is 12.9. The summed E-state index contributed by atoms with van der Waals surface area (Å²) >= 11 is 0. The van der Waals surface area contributed by atoms with Crippen molar-refractivity contribution in [2.24, 2.45) is 50.2 Å². The maximum Gasteiger partial charge on any atom is 0.0595 e. The topological polar surface area (TPSA) is 40.5 Å².